The molecule has 0 bridgehead atoms. The number of pyridine rings is 1. The van der Waals surface area contributed by atoms with Crippen LogP contribution in [0.2, 0.25) is 0 Å². The van der Waals surface area contributed by atoms with Gasteiger partial charge in [-0.1, -0.05) is 66.7 Å². The predicted octanol–water partition coefficient (Wildman–Crippen LogP) is 6.26. The first-order valence-corrected chi connectivity index (χ1v) is 10.1. The first kappa shape index (κ1) is 18.2. The fraction of sp³-hybridized carbons (Fsp3) is 0.0741. The predicted molar refractivity (Wildman–Crippen MR) is 122 cm³/mol. The summed E-state index contributed by atoms with van der Waals surface area (Å²) in [6, 6.07) is 31.4. The Morgan fingerprint density at radius 3 is 2.20 bits per heavy atom. The SMILES string of the molecule is Cc1nc(-c2ccccc2)c2cc(Cc3ccc(-c4ccccn4)cc3)ccc2n1. The van der Waals surface area contributed by atoms with E-state index in [1.165, 1.54) is 11.1 Å². The molecule has 3 aromatic carbocycles. The number of fused-ring (bicyclic) bond motifs is 1. The van der Waals surface area contributed by atoms with Gasteiger partial charge in [0.1, 0.15) is 5.82 Å². The third-order valence-corrected chi connectivity index (χ3v) is 5.24. The van der Waals surface area contributed by atoms with Gasteiger partial charge in [0, 0.05) is 22.7 Å². The molecule has 0 atom stereocenters. The third kappa shape index (κ3) is 3.70. The van der Waals surface area contributed by atoms with Crippen molar-refractivity contribution >= 4 is 10.9 Å². The topological polar surface area (TPSA) is 38.7 Å². The van der Waals surface area contributed by atoms with Gasteiger partial charge in [-0.15, -0.1) is 0 Å². The Morgan fingerprint density at radius 1 is 0.667 bits per heavy atom. The first-order chi connectivity index (χ1) is 14.8. The van der Waals surface area contributed by atoms with Gasteiger partial charge in [0.25, 0.3) is 0 Å². The molecular formula is C27H21N3. The average Bonchev–Trinajstić information content (AvgIpc) is 2.80. The van der Waals surface area contributed by atoms with Gasteiger partial charge in [0.15, 0.2) is 0 Å². The quantitative estimate of drug-likeness (QED) is 0.365. The first-order valence-electron chi connectivity index (χ1n) is 10.1. The molecule has 0 radical (unpaired) electrons. The van der Waals surface area contributed by atoms with Crippen LogP contribution >= 0.6 is 0 Å². The Balaban J connectivity index is 1.49. The fourth-order valence-corrected chi connectivity index (χ4v) is 3.78. The molecule has 0 saturated carbocycles. The maximum absolute atomic E-state index is 4.75. The van der Waals surface area contributed by atoms with Crippen LogP contribution in [0.5, 0.6) is 0 Å². The van der Waals surface area contributed by atoms with Gasteiger partial charge in [0.05, 0.1) is 16.9 Å². The van der Waals surface area contributed by atoms with Gasteiger partial charge in [0.2, 0.25) is 0 Å². The van der Waals surface area contributed by atoms with Crippen molar-refractivity contribution in [1.29, 1.82) is 0 Å². The van der Waals surface area contributed by atoms with Crippen LogP contribution in [0, 0.1) is 6.92 Å². The minimum atomic E-state index is 0.791. The van der Waals surface area contributed by atoms with E-state index in [0.717, 1.165) is 45.7 Å². The summed E-state index contributed by atoms with van der Waals surface area (Å²) >= 11 is 0. The zero-order valence-corrected chi connectivity index (χ0v) is 16.8. The van der Waals surface area contributed by atoms with Crippen LogP contribution in [-0.2, 0) is 6.42 Å². The summed E-state index contributed by atoms with van der Waals surface area (Å²) < 4.78 is 0. The van der Waals surface area contributed by atoms with Crippen molar-refractivity contribution in [3.8, 4) is 22.5 Å². The Morgan fingerprint density at radius 2 is 1.43 bits per heavy atom. The van der Waals surface area contributed by atoms with Gasteiger partial charge in [-0.2, -0.15) is 0 Å². The van der Waals surface area contributed by atoms with Crippen LogP contribution in [0.15, 0.2) is 97.2 Å². The van der Waals surface area contributed by atoms with Crippen LogP contribution in [0.4, 0.5) is 0 Å². The highest BCUT2D eigenvalue weighted by atomic mass is 14.9. The second kappa shape index (κ2) is 7.88. The van der Waals surface area contributed by atoms with E-state index in [-0.39, 0.29) is 0 Å². The lowest BCUT2D eigenvalue weighted by Gasteiger charge is -2.10. The molecule has 2 heterocycles. The molecule has 5 aromatic rings. The van der Waals surface area contributed by atoms with Crippen LogP contribution in [0.1, 0.15) is 17.0 Å². The molecule has 2 aromatic heterocycles. The van der Waals surface area contributed by atoms with Crippen molar-refractivity contribution in [1.82, 2.24) is 15.0 Å². The number of hydrogen-bond donors (Lipinski definition) is 0. The number of benzene rings is 3. The summed E-state index contributed by atoms with van der Waals surface area (Å²) in [6.07, 6.45) is 2.69. The molecule has 30 heavy (non-hydrogen) atoms. The van der Waals surface area contributed by atoms with Crippen molar-refractivity contribution < 1.29 is 0 Å². The minimum absolute atomic E-state index is 0.791. The van der Waals surface area contributed by atoms with Crippen molar-refractivity contribution in [2.75, 3.05) is 0 Å². The van der Waals surface area contributed by atoms with E-state index in [9.17, 15) is 0 Å². The fourth-order valence-electron chi connectivity index (χ4n) is 3.78. The molecule has 5 rings (SSSR count). The molecule has 3 nitrogen and oxygen atoms in total. The largest absolute Gasteiger partial charge is 0.256 e. The zero-order chi connectivity index (χ0) is 20.3. The minimum Gasteiger partial charge on any atom is -0.256 e. The number of nitrogens with zero attached hydrogens (tertiary/aromatic N) is 3. The Hall–Kier alpha value is -3.85. The van der Waals surface area contributed by atoms with E-state index in [4.69, 9.17) is 4.98 Å². The Kier molecular flexibility index (Phi) is 4.78. The van der Waals surface area contributed by atoms with Gasteiger partial charge >= 0.3 is 0 Å². The highest BCUT2D eigenvalue weighted by Crippen LogP contribution is 2.28. The number of aromatic nitrogens is 3. The third-order valence-electron chi connectivity index (χ3n) is 5.24. The van der Waals surface area contributed by atoms with Crippen molar-refractivity contribution in [2.45, 2.75) is 13.3 Å². The lowest BCUT2D eigenvalue weighted by atomic mass is 9.99. The number of aryl methyl sites for hydroxylation is 1. The number of hydrogen-bond acceptors (Lipinski definition) is 3. The molecule has 144 valence electrons. The van der Waals surface area contributed by atoms with Crippen LogP contribution < -0.4 is 0 Å². The molecule has 0 aliphatic heterocycles. The molecule has 3 heteroatoms. The average molecular weight is 387 g/mol. The smallest absolute Gasteiger partial charge is 0.126 e. The van der Waals surface area contributed by atoms with E-state index in [1.54, 1.807) is 0 Å². The van der Waals surface area contributed by atoms with Gasteiger partial charge in [-0.3, -0.25) is 4.98 Å². The summed E-state index contributed by atoms with van der Waals surface area (Å²) in [5.41, 5.74) is 7.73. The summed E-state index contributed by atoms with van der Waals surface area (Å²) in [6.45, 7) is 1.95. The molecule has 0 unspecified atom stereocenters. The van der Waals surface area contributed by atoms with Crippen molar-refractivity contribution in [2.24, 2.45) is 0 Å². The molecule has 0 N–H and O–H groups in total. The summed E-state index contributed by atoms with van der Waals surface area (Å²) in [4.78, 5) is 13.8. The molecular weight excluding hydrogens is 366 g/mol. The summed E-state index contributed by atoms with van der Waals surface area (Å²) in [5.74, 6) is 0.791. The second-order valence-corrected chi connectivity index (χ2v) is 7.43. The van der Waals surface area contributed by atoms with E-state index in [2.05, 4.69) is 64.6 Å². The Labute approximate surface area is 176 Å². The Bertz CT molecular complexity index is 1300. The number of rotatable bonds is 4. The molecule has 0 saturated heterocycles. The highest BCUT2D eigenvalue weighted by molar-refractivity contribution is 5.92. The maximum Gasteiger partial charge on any atom is 0.126 e. The van der Waals surface area contributed by atoms with E-state index < -0.39 is 0 Å². The van der Waals surface area contributed by atoms with Gasteiger partial charge in [-0.25, -0.2) is 9.97 Å². The van der Waals surface area contributed by atoms with E-state index in [0.29, 0.717) is 0 Å². The van der Waals surface area contributed by atoms with Gasteiger partial charge in [-0.05, 0) is 48.7 Å². The second-order valence-electron chi connectivity index (χ2n) is 7.43. The van der Waals surface area contributed by atoms with E-state index >= 15 is 0 Å². The molecule has 0 aliphatic carbocycles. The van der Waals surface area contributed by atoms with Crippen molar-refractivity contribution in [3.05, 3.63) is 114 Å². The normalized spacial score (nSPS) is 11.0. The van der Waals surface area contributed by atoms with E-state index in [1.807, 2.05) is 49.5 Å². The molecule has 0 aliphatic rings. The lowest BCUT2D eigenvalue weighted by molar-refractivity contribution is 1.09. The highest BCUT2D eigenvalue weighted by Gasteiger charge is 2.09. The van der Waals surface area contributed by atoms with Gasteiger partial charge < -0.3 is 0 Å². The summed E-state index contributed by atoms with van der Waals surface area (Å²) in [5, 5.41) is 1.09. The molecule has 0 spiro atoms. The molecule has 0 amide bonds. The maximum atomic E-state index is 4.75. The standard InChI is InChI=1S/C27H21N3/c1-19-29-26-15-12-21(18-24(26)27(30-19)23-7-3-2-4-8-23)17-20-10-13-22(14-11-20)25-9-5-6-16-28-25/h2-16,18H,17H2,1H3. The summed E-state index contributed by atoms with van der Waals surface area (Å²) in [7, 11) is 0. The molecule has 0 fully saturated rings. The van der Waals surface area contributed by atoms with Crippen molar-refractivity contribution in [3.63, 3.8) is 0 Å². The monoisotopic (exact) mass is 387 g/mol. The zero-order valence-electron chi connectivity index (χ0n) is 16.8. The van der Waals surface area contributed by atoms with Crippen LogP contribution in [0.3, 0.4) is 0 Å². The van der Waals surface area contributed by atoms with Crippen LogP contribution in [-0.4, -0.2) is 15.0 Å². The van der Waals surface area contributed by atoms with Crippen LogP contribution in [0.25, 0.3) is 33.4 Å². The lowest BCUT2D eigenvalue weighted by Crippen LogP contribution is -1.96.